The minimum absolute atomic E-state index is 0. The van der Waals surface area contributed by atoms with Crippen molar-refractivity contribution in [2.75, 3.05) is 159 Å². The predicted molar refractivity (Wildman–Crippen MR) is 490 cm³/mol. The fraction of sp³-hybridized carbons (Fsp3) is 0.603. The van der Waals surface area contributed by atoms with Gasteiger partial charge >= 0.3 is 102 Å². The topological polar surface area (TPSA) is 613 Å². The average Bonchev–Trinajstić information content (AvgIpc) is 1.70. The summed E-state index contributed by atoms with van der Waals surface area (Å²) in [5.41, 5.74) is -6.26. The molecule has 0 aromatic carbocycles. The molecule has 12 atom stereocenters. The maximum absolute atomic E-state index is 12.8. The number of hydrogen-bond acceptors (Lipinski definition) is 34. The number of nitrogens with zero attached hydrogens (tertiary/aromatic N) is 11. The molecule has 5 aromatic heterocycles. The third-order valence-corrected chi connectivity index (χ3v) is 30.1. The van der Waals surface area contributed by atoms with Crippen LogP contribution < -0.4 is 91.1 Å². The van der Waals surface area contributed by atoms with Crippen LogP contribution in [-0.4, -0.2) is 321 Å². The summed E-state index contributed by atoms with van der Waals surface area (Å²) in [5, 5.41) is 21.4. The third-order valence-electron chi connectivity index (χ3n) is 19.7. The Morgan fingerprint density at radius 2 is 0.830 bits per heavy atom. The Morgan fingerprint density at radius 1 is 0.511 bits per heavy atom. The van der Waals surface area contributed by atoms with E-state index in [9.17, 15) is 135 Å². The van der Waals surface area contributed by atoms with Crippen molar-refractivity contribution >= 4 is 68.8 Å². The van der Waals surface area contributed by atoms with E-state index in [2.05, 4.69) is 65.0 Å². The Kier molecular flexibility index (Phi) is 51.7. The van der Waals surface area contributed by atoms with Gasteiger partial charge in [-0.05, 0) is 77.8 Å². The summed E-state index contributed by atoms with van der Waals surface area (Å²) in [6, 6.07) is 8.10. The molecular weight excluding hydrogens is 2030 g/mol. The first-order valence-corrected chi connectivity index (χ1v) is 55.3. The molecule has 8 N–H and O–H groups in total. The zero-order valence-electron chi connectivity index (χ0n) is 79.1. The van der Waals surface area contributed by atoms with Crippen molar-refractivity contribution in [2.45, 2.75) is 146 Å². The number of alkyl halides is 9. The molecule has 12 unspecified atom stereocenters. The molecule has 5 aliphatic rings. The second kappa shape index (κ2) is 57.5. The van der Waals surface area contributed by atoms with Crippen LogP contribution in [0, 0.1) is 11.3 Å². The summed E-state index contributed by atoms with van der Waals surface area (Å²) in [6.45, 7) is 17.7. The van der Waals surface area contributed by atoms with E-state index in [0.717, 1.165) is 50.8 Å². The quantitative estimate of drug-likeness (QED) is 0.0145. The molecule has 5 aromatic rings. The van der Waals surface area contributed by atoms with Crippen molar-refractivity contribution in [2.24, 2.45) is 0 Å². The Balaban J connectivity index is 0.000000442. The second-order valence-electron chi connectivity index (χ2n) is 32.4. The summed E-state index contributed by atoms with van der Waals surface area (Å²) >= 11 is 0. The maximum Gasteiger partial charge on any atom is 1.00 e. The number of aliphatic hydroxyl groups is 1. The zero-order chi connectivity index (χ0) is 105. The Morgan fingerprint density at radius 3 is 1.14 bits per heavy atom. The van der Waals surface area contributed by atoms with E-state index in [4.69, 9.17) is 33.5 Å². The number of aldehydes is 1. The molecule has 63 heteroatoms. The van der Waals surface area contributed by atoms with E-state index in [1.165, 1.54) is 93.1 Å². The predicted octanol–water partition coefficient (Wildman–Crippen LogP) is 2.48. The monoisotopic (exact) mass is 2150 g/mol. The molecule has 0 spiro atoms. The van der Waals surface area contributed by atoms with Gasteiger partial charge < -0.3 is 90.9 Å². The molecule has 10 rings (SSSR count). The molecule has 0 bridgehead atoms. The van der Waals surface area contributed by atoms with Crippen LogP contribution in [-0.2, 0) is 83.8 Å². The van der Waals surface area contributed by atoms with Crippen molar-refractivity contribution in [3.63, 3.8) is 0 Å². The van der Waals surface area contributed by atoms with Crippen molar-refractivity contribution in [1.82, 2.24) is 77.1 Å². The van der Waals surface area contributed by atoms with Crippen molar-refractivity contribution in [3.8, 4) is 6.07 Å². The minimum Gasteiger partial charge on any atom is -0.870 e. The number of ether oxygens (including phenoxy) is 5. The molecule has 141 heavy (non-hydrogen) atoms. The van der Waals surface area contributed by atoms with Gasteiger partial charge in [0.15, 0.2) is 14.7 Å². The number of nitriles is 1. The van der Waals surface area contributed by atoms with E-state index < -0.39 is 219 Å². The number of carbonyl (C=O) groups is 4. The SMILES string of the molecule is CCN(C(C)C)P(OCCC#N)N1CCC(n2ccc(=O)[nH]c2=O)OC(/C=C/P(C)(C)=O)C1.COP(C)(=O)CP(=O)(OC)OC.CP(C)(=O)/C=C/C1CN(C(=O)C(F)(F)F)CCC(n2ccc(=O)[nH]c2=O)O1.CP(C)(=O)/C=C/C1CNCCC(n2ccc(=O)[nH]c2=O)O1.O=C(N1CCC(n2ccc(=O)[nH]c2=O)OC(CO)C1)C(F)(F)F.O=CC1CN(C(=O)C(F)(F)F)CCC(n2ccc(=O)[nH]c2=O)O1.[Na+].[OH-]. The number of aliphatic hydroxyl groups excluding tert-OH is 1. The number of halogens is 9. The minimum atomic E-state index is -5.07. The summed E-state index contributed by atoms with van der Waals surface area (Å²) < 4.78 is 231. The molecule has 0 radical (unpaired) electrons. The van der Waals surface area contributed by atoms with E-state index in [1.54, 1.807) is 50.4 Å². The van der Waals surface area contributed by atoms with E-state index in [0.29, 0.717) is 66.7 Å². The van der Waals surface area contributed by atoms with Crippen LogP contribution in [0.4, 0.5) is 39.5 Å². The smallest absolute Gasteiger partial charge is 0.870 e. The summed E-state index contributed by atoms with van der Waals surface area (Å²) in [4.78, 5) is 173. The molecule has 5 aliphatic heterocycles. The first-order valence-electron chi connectivity index (χ1n) is 42.2. The number of hydrogen-bond donors (Lipinski definition) is 7. The van der Waals surface area contributed by atoms with Crippen LogP contribution in [0.3, 0.4) is 0 Å². The number of carbonyl (C=O) groups excluding carboxylic acids is 4. The molecule has 5 saturated heterocycles. The number of amides is 3. The average molecular weight is 2150 g/mol. The molecule has 0 saturated carbocycles. The van der Waals surface area contributed by atoms with Gasteiger partial charge in [0, 0.05) is 180 Å². The first kappa shape index (κ1) is 127. The Labute approximate surface area is 822 Å². The van der Waals surface area contributed by atoms with Crippen molar-refractivity contribution in [1.29, 1.82) is 5.26 Å². The van der Waals surface area contributed by atoms with Crippen LogP contribution in [0.5, 0.6) is 0 Å². The Hall–Kier alpha value is -8.42. The van der Waals surface area contributed by atoms with Crippen LogP contribution in [0.2, 0.25) is 0 Å². The molecule has 3 amide bonds. The van der Waals surface area contributed by atoms with Gasteiger partial charge in [-0.3, -0.25) is 95.2 Å². The van der Waals surface area contributed by atoms with Gasteiger partial charge in [-0.15, -0.1) is 0 Å². The Bertz CT molecular complexity index is 5980. The fourth-order valence-corrected chi connectivity index (χ4v) is 21.0. The molecule has 10 heterocycles. The summed E-state index contributed by atoms with van der Waals surface area (Å²) in [7, 11) is -10.8. The number of aromatic amines is 5. The number of aromatic nitrogens is 10. The standard InChI is InChI=1S/C21H35N5O5P2.C15H19F3N3O5P.C13H20N3O4P.C12H14F3N3O5.C12H12F3N3O5.C5H14O5P2.Na.H2O/c1-6-26(17(2)3)32(30-14-7-11-22)24-12-9-20(25-13-8-19(27)23-21(25)28)31-18(16-24)10-15-33(4,5)29;1-27(2,25)8-5-10-9-20(13(23)15(16,17)18)6-4-12(26-10)21-7-3-11(22)19-14(21)24;1-21(2,19)8-5-10-9-14-6-3-12(20-10)16-7-4-11(17)15-13(16)18;2*13-12(14,15)10(21)17-3-2-9(23-7(5-17)6-19)18-4-1-8(20)16-11(18)22;1-8-11(4,6)5-12(7,9-2)10-3;;/h8,10,13,15,17-18,20H,6-7,9,12,14,16H2,1-5H3,(H,23,27,28);3,5,7-8,10,12H,4,6,9H2,1-2H3,(H,19,22,24);4-5,7-8,10,12,14H,3,6,9H2,1-2H3,(H,15,17,18);1,4,7,9,19H,2-3,5-6H2,(H,16,20,22);1,4,6-7,9H,2-3,5H2,(H,16,20,22);5H2,1-4H3;;1H2/q;;;;;;+1;/p-1/b15-10+;2*8-5+;;;;;. The number of rotatable bonds is 25. The maximum atomic E-state index is 12.8. The zero-order valence-corrected chi connectivity index (χ0v) is 86.5. The van der Waals surface area contributed by atoms with E-state index in [-0.39, 0.29) is 98.3 Å². The number of H-pyrrole nitrogens is 5. The van der Waals surface area contributed by atoms with Gasteiger partial charge in [0.25, 0.3) is 27.8 Å². The van der Waals surface area contributed by atoms with Gasteiger partial charge in [0.2, 0.25) is 7.37 Å². The molecular formula is C78H115F9N17NaO30P6. The largest absolute Gasteiger partial charge is 1.00 e. The van der Waals surface area contributed by atoms with Crippen LogP contribution in [0.1, 0.15) is 90.4 Å². The van der Waals surface area contributed by atoms with Gasteiger partial charge in [0.1, 0.15) is 70.7 Å². The van der Waals surface area contributed by atoms with Crippen molar-refractivity contribution in [3.05, 3.63) is 201 Å². The van der Waals surface area contributed by atoms with Gasteiger partial charge in [-0.1, -0.05) is 25.2 Å². The van der Waals surface area contributed by atoms with E-state index >= 15 is 0 Å². The van der Waals surface area contributed by atoms with Crippen LogP contribution >= 0.6 is 44.8 Å². The van der Waals surface area contributed by atoms with Gasteiger partial charge in [-0.25, -0.2) is 33.3 Å². The molecule has 0 aliphatic carbocycles. The number of nitrogens with one attached hydrogen (secondary N) is 6. The van der Waals surface area contributed by atoms with Crippen LogP contribution in [0.25, 0.3) is 0 Å². The molecule has 786 valence electrons. The molecule has 47 nitrogen and oxygen atoms in total. The molecule has 5 fully saturated rings. The van der Waals surface area contributed by atoms with E-state index in [1.807, 2.05) is 15.0 Å². The fourth-order valence-electron chi connectivity index (χ4n) is 13.1. The summed E-state index contributed by atoms with van der Waals surface area (Å²) in [6.07, 6.45) is -11.0. The van der Waals surface area contributed by atoms with Crippen molar-refractivity contribution < 1.29 is 163 Å². The van der Waals surface area contributed by atoms with Gasteiger partial charge in [-0.2, -0.15) is 44.8 Å². The second-order valence-corrected chi connectivity index (χ2v) is 49.2. The van der Waals surface area contributed by atoms with Gasteiger partial charge in [0.05, 0.1) is 57.1 Å². The third kappa shape index (κ3) is 43.4. The van der Waals surface area contributed by atoms with Crippen LogP contribution in [0.15, 0.2) is 145 Å². The normalized spacial score (nSPS) is 21.7. The summed E-state index contributed by atoms with van der Waals surface area (Å²) in [5.74, 6) is -1.66. The first-order chi connectivity index (χ1) is 64.6.